The molecule has 2 heterocycles. The normalized spacial score (nSPS) is 18.6. The fourth-order valence-corrected chi connectivity index (χ4v) is 3.10. The molecule has 1 aliphatic rings. The van der Waals surface area contributed by atoms with Gasteiger partial charge in [-0.05, 0) is 31.4 Å². The van der Waals surface area contributed by atoms with E-state index in [1.165, 1.54) is 0 Å². The molecular formula is C18H25N5O2. The number of carbonyl (C=O) groups is 1. The number of rotatable bonds is 5. The number of piperidine rings is 1. The van der Waals surface area contributed by atoms with Crippen molar-refractivity contribution in [3.8, 4) is 0 Å². The minimum absolute atomic E-state index is 0.0751. The van der Waals surface area contributed by atoms with Crippen molar-refractivity contribution >= 4 is 11.7 Å². The van der Waals surface area contributed by atoms with Crippen LogP contribution in [0.2, 0.25) is 0 Å². The third kappa shape index (κ3) is 4.49. The van der Waals surface area contributed by atoms with Crippen molar-refractivity contribution in [1.29, 1.82) is 0 Å². The van der Waals surface area contributed by atoms with Crippen LogP contribution in [-0.4, -0.2) is 40.2 Å². The standard InChI is InChI=1S/C18H25N5O2/c1-3-16(17-19-13(2)25-22-17)21-18(24)23-11-7-10-15(12-23)20-14-8-5-4-6-9-14/h4-6,8-9,15-16,20H,3,7,10-12H2,1-2H3,(H,21,24). The molecule has 7 nitrogen and oxygen atoms in total. The predicted molar refractivity (Wildman–Crippen MR) is 95.3 cm³/mol. The summed E-state index contributed by atoms with van der Waals surface area (Å²) in [5, 5.41) is 10.5. The number of para-hydroxylation sites is 1. The maximum Gasteiger partial charge on any atom is 0.318 e. The van der Waals surface area contributed by atoms with E-state index in [2.05, 4.69) is 20.8 Å². The quantitative estimate of drug-likeness (QED) is 0.871. The highest BCUT2D eigenvalue weighted by atomic mass is 16.5. The van der Waals surface area contributed by atoms with Crippen LogP contribution >= 0.6 is 0 Å². The molecule has 1 aromatic heterocycles. The fourth-order valence-electron chi connectivity index (χ4n) is 3.10. The minimum Gasteiger partial charge on any atom is -0.381 e. The summed E-state index contributed by atoms with van der Waals surface area (Å²) in [6.07, 6.45) is 2.75. The Bertz CT molecular complexity index is 688. The molecule has 1 saturated heterocycles. The Morgan fingerprint density at radius 1 is 1.40 bits per heavy atom. The van der Waals surface area contributed by atoms with Gasteiger partial charge in [0.25, 0.3) is 0 Å². The molecule has 0 aliphatic carbocycles. The lowest BCUT2D eigenvalue weighted by Gasteiger charge is -2.34. The number of hydrogen-bond acceptors (Lipinski definition) is 5. The van der Waals surface area contributed by atoms with Gasteiger partial charge in [-0.25, -0.2) is 4.79 Å². The average Bonchev–Trinajstić information content (AvgIpc) is 3.07. The minimum atomic E-state index is -0.229. The predicted octanol–water partition coefficient (Wildman–Crippen LogP) is 3.12. The van der Waals surface area contributed by atoms with Gasteiger partial charge in [-0.2, -0.15) is 4.98 Å². The van der Waals surface area contributed by atoms with Gasteiger partial charge in [0, 0.05) is 31.7 Å². The highest BCUT2D eigenvalue weighted by Crippen LogP contribution is 2.18. The summed E-state index contributed by atoms with van der Waals surface area (Å²) in [5.41, 5.74) is 1.09. The number of anilines is 1. The molecule has 0 saturated carbocycles. The van der Waals surface area contributed by atoms with Crippen molar-refractivity contribution in [3.63, 3.8) is 0 Å². The van der Waals surface area contributed by atoms with E-state index >= 15 is 0 Å². The summed E-state index contributed by atoms with van der Waals surface area (Å²) in [7, 11) is 0. The SMILES string of the molecule is CCC(NC(=O)N1CCCC(Nc2ccccc2)C1)c1noc(C)n1. The number of carbonyl (C=O) groups excluding carboxylic acids is 1. The van der Waals surface area contributed by atoms with Gasteiger partial charge < -0.3 is 20.1 Å². The zero-order valence-corrected chi connectivity index (χ0v) is 14.7. The van der Waals surface area contributed by atoms with Crippen LogP contribution in [0.1, 0.15) is 43.9 Å². The Morgan fingerprint density at radius 2 is 2.20 bits per heavy atom. The number of aromatic nitrogens is 2. The Labute approximate surface area is 147 Å². The maximum absolute atomic E-state index is 12.6. The van der Waals surface area contributed by atoms with E-state index in [1.54, 1.807) is 6.92 Å². The molecule has 0 spiro atoms. The van der Waals surface area contributed by atoms with Crippen LogP contribution in [0.3, 0.4) is 0 Å². The molecule has 0 bridgehead atoms. The third-order valence-electron chi connectivity index (χ3n) is 4.41. The molecule has 1 fully saturated rings. The third-order valence-corrected chi connectivity index (χ3v) is 4.41. The van der Waals surface area contributed by atoms with Gasteiger partial charge in [0.2, 0.25) is 5.89 Å². The van der Waals surface area contributed by atoms with E-state index in [-0.39, 0.29) is 18.1 Å². The van der Waals surface area contributed by atoms with Gasteiger partial charge in [-0.3, -0.25) is 0 Å². The number of urea groups is 1. The largest absolute Gasteiger partial charge is 0.381 e. The number of likely N-dealkylation sites (tertiary alicyclic amines) is 1. The number of aryl methyl sites for hydroxylation is 1. The molecule has 1 aromatic carbocycles. The van der Waals surface area contributed by atoms with E-state index in [4.69, 9.17) is 4.52 Å². The van der Waals surface area contributed by atoms with Gasteiger partial charge in [0.15, 0.2) is 5.82 Å². The second kappa shape index (κ2) is 8.00. The van der Waals surface area contributed by atoms with Crippen molar-refractivity contribution in [2.75, 3.05) is 18.4 Å². The molecule has 0 radical (unpaired) electrons. The van der Waals surface area contributed by atoms with Gasteiger partial charge >= 0.3 is 6.03 Å². The van der Waals surface area contributed by atoms with Crippen LogP contribution in [0.5, 0.6) is 0 Å². The highest BCUT2D eigenvalue weighted by molar-refractivity contribution is 5.74. The Balaban J connectivity index is 1.57. The highest BCUT2D eigenvalue weighted by Gasteiger charge is 2.26. The molecule has 7 heteroatoms. The molecule has 3 rings (SSSR count). The summed E-state index contributed by atoms with van der Waals surface area (Å²) in [6, 6.07) is 10.1. The first-order valence-electron chi connectivity index (χ1n) is 8.83. The number of nitrogens with zero attached hydrogens (tertiary/aromatic N) is 3. The van der Waals surface area contributed by atoms with Gasteiger partial charge in [-0.1, -0.05) is 30.3 Å². The lowest BCUT2D eigenvalue weighted by atomic mass is 10.1. The van der Waals surface area contributed by atoms with E-state index in [0.29, 0.717) is 24.7 Å². The lowest BCUT2D eigenvalue weighted by Crippen LogP contribution is -2.49. The maximum atomic E-state index is 12.6. The first-order chi connectivity index (χ1) is 12.2. The van der Waals surface area contributed by atoms with Crippen molar-refractivity contribution in [2.24, 2.45) is 0 Å². The number of nitrogens with one attached hydrogen (secondary N) is 2. The monoisotopic (exact) mass is 343 g/mol. The van der Waals surface area contributed by atoms with Gasteiger partial charge in [0.1, 0.15) is 0 Å². The number of amides is 2. The van der Waals surface area contributed by atoms with Crippen molar-refractivity contribution < 1.29 is 9.32 Å². The lowest BCUT2D eigenvalue weighted by molar-refractivity contribution is 0.177. The Morgan fingerprint density at radius 3 is 2.88 bits per heavy atom. The molecule has 2 unspecified atom stereocenters. The van der Waals surface area contributed by atoms with E-state index in [1.807, 2.05) is 42.2 Å². The summed E-state index contributed by atoms with van der Waals surface area (Å²) in [4.78, 5) is 18.7. The smallest absolute Gasteiger partial charge is 0.318 e. The van der Waals surface area contributed by atoms with E-state index in [9.17, 15) is 4.79 Å². The second-order valence-corrected chi connectivity index (χ2v) is 6.38. The molecule has 2 N–H and O–H groups in total. The van der Waals surface area contributed by atoms with Crippen molar-refractivity contribution in [2.45, 2.75) is 45.2 Å². The first kappa shape index (κ1) is 17.3. The molecular weight excluding hydrogens is 318 g/mol. The molecule has 2 aromatic rings. The van der Waals surface area contributed by atoms with Crippen LogP contribution in [0, 0.1) is 6.92 Å². The Hall–Kier alpha value is -2.57. The zero-order chi connectivity index (χ0) is 17.6. The second-order valence-electron chi connectivity index (χ2n) is 6.38. The summed E-state index contributed by atoms with van der Waals surface area (Å²) in [5.74, 6) is 1.04. The first-order valence-corrected chi connectivity index (χ1v) is 8.83. The number of benzene rings is 1. The van der Waals surface area contributed by atoms with Crippen LogP contribution in [0.15, 0.2) is 34.9 Å². The average molecular weight is 343 g/mol. The van der Waals surface area contributed by atoms with Gasteiger partial charge in [-0.15, -0.1) is 0 Å². The van der Waals surface area contributed by atoms with E-state index in [0.717, 1.165) is 25.1 Å². The Kier molecular flexibility index (Phi) is 5.53. The zero-order valence-electron chi connectivity index (χ0n) is 14.7. The van der Waals surface area contributed by atoms with Crippen LogP contribution in [0.25, 0.3) is 0 Å². The van der Waals surface area contributed by atoms with Crippen LogP contribution in [-0.2, 0) is 0 Å². The summed E-state index contributed by atoms with van der Waals surface area (Å²) < 4.78 is 5.02. The number of hydrogen-bond donors (Lipinski definition) is 2. The summed E-state index contributed by atoms with van der Waals surface area (Å²) in [6.45, 7) is 5.19. The van der Waals surface area contributed by atoms with Crippen molar-refractivity contribution in [3.05, 3.63) is 42.0 Å². The van der Waals surface area contributed by atoms with Crippen LogP contribution < -0.4 is 10.6 Å². The van der Waals surface area contributed by atoms with Crippen molar-refractivity contribution in [1.82, 2.24) is 20.4 Å². The fraction of sp³-hybridized carbons (Fsp3) is 0.500. The molecule has 2 atom stereocenters. The molecule has 2 amide bonds. The molecule has 25 heavy (non-hydrogen) atoms. The topological polar surface area (TPSA) is 83.3 Å². The van der Waals surface area contributed by atoms with Gasteiger partial charge in [0.05, 0.1) is 6.04 Å². The van der Waals surface area contributed by atoms with Crippen LogP contribution in [0.4, 0.5) is 10.5 Å². The molecule has 134 valence electrons. The van der Waals surface area contributed by atoms with E-state index < -0.39 is 0 Å². The summed E-state index contributed by atoms with van der Waals surface area (Å²) >= 11 is 0. The molecule has 1 aliphatic heterocycles.